The van der Waals surface area contributed by atoms with E-state index in [0.29, 0.717) is 12.1 Å². The molecule has 2 fully saturated rings. The van der Waals surface area contributed by atoms with E-state index in [9.17, 15) is 9.59 Å². The van der Waals surface area contributed by atoms with Crippen LogP contribution in [0, 0.1) is 0 Å². The Balaban J connectivity index is 0.00000341. The first kappa shape index (κ1) is 25.1. The Kier molecular flexibility index (Phi) is 10.3. The van der Waals surface area contributed by atoms with Gasteiger partial charge in [0.25, 0.3) is 5.91 Å². The first-order chi connectivity index (χ1) is 14.6. The molecular formula is C24H41N5O2. The third-order valence-electron chi connectivity index (χ3n) is 6.21. The smallest absolute Gasteiger partial charge is 0.251 e. The first-order valence-corrected chi connectivity index (χ1v) is 11.5. The summed E-state index contributed by atoms with van der Waals surface area (Å²) in [6, 6.07) is 7.87. The number of hydrogen-bond donors (Lipinski definition) is 1. The number of rotatable bonds is 8. The topological polar surface area (TPSA) is 59.1 Å². The highest BCUT2D eigenvalue weighted by atomic mass is 16.2. The molecule has 0 atom stereocenters. The van der Waals surface area contributed by atoms with E-state index in [2.05, 4.69) is 33.9 Å². The summed E-state index contributed by atoms with van der Waals surface area (Å²) in [6.07, 6.45) is 2.08. The van der Waals surface area contributed by atoms with Crippen LogP contribution in [0.2, 0.25) is 0 Å². The quantitative estimate of drug-likeness (QED) is 0.639. The van der Waals surface area contributed by atoms with Crippen molar-refractivity contribution in [2.45, 2.75) is 34.1 Å². The molecule has 0 radical (unpaired) electrons. The normalized spacial score (nSPS) is 17.9. The number of likely N-dealkylation sites (N-methyl/N-ethyl adjacent to an activating group) is 1. The summed E-state index contributed by atoms with van der Waals surface area (Å²) in [6.45, 7) is 13.9. The van der Waals surface area contributed by atoms with Crippen molar-refractivity contribution in [2.75, 3.05) is 76.9 Å². The van der Waals surface area contributed by atoms with Crippen LogP contribution in [0.3, 0.4) is 0 Å². The average Bonchev–Trinajstić information content (AvgIpc) is 2.80. The van der Waals surface area contributed by atoms with Crippen LogP contribution in [0.25, 0.3) is 0 Å². The van der Waals surface area contributed by atoms with Gasteiger partial charge < -0.3 is 20.0 Å². The van der Waals surface area contributed by atoms with E-state index < -0.39 is 0 Å². The van der Waals surface area contributed by atoms with Crippen molar-refractivity contribution >= 4 is 17.5 Å². The van der Waals surface area contributed by atoms with Crippen molar-refractivity contribution in [1.82, 2.24) is 20.0 Å². The number of carbonyl (C=O) groups excluding carboxylic acids is 2. The molecule has 7 heteroatoms. The second-order valence-corrected chi connectivity index (χ2v) is 8.23. The summed E-state index contributed by atoms with van der Waals surface area (Å²) in [4.78, 5) is 33.8. The van der Waals surface area contributed by atoms with Gasteiger partial charge >= 0.3 is 0 Å². The molecule has 2 aliphatic rings. The van der Waals surface area contributed by atoms with Crippen molar-refractivity contribution in [1.29, 1.82) is 0 Å². The van der Waals surface area contributed by atoms with Crippen LogP contribution < -0.4 is 10.2 Å². The number of carbonyl (C=O) groups is 2. The fourth-order valence-corrected chi connectivity index (χ4v) is 4.07. The predicted octanol–water partition coefficient (Wildman–Crippen LogP) is 2.14. The number of piperazine rings is 2. The molecule has 174 valence electrons. The fourth-order valence-electron chi connectivity index (χ4n) is 4.07. The Morgan fingerprint density at radius 3 is 2.06 bits per heavy atom. The van der Waals surface area contributed by atoms with Gasteiger partial charge in [-0.25, -0.2) is 0 Å². The van der Waals surface area contributed by atoms with Gasteiger partial charge in [0.15, 0.2) is 0 Å². The Morgan fingerprint density at radius 2 is 1.48 bits per heavy atom. The second kappa shape index (κ2) is 12.7. The van der Waals surface area contributed by atoms with E-state index in [0.717, 1.165) is 84.0 Å². The molecule has 31 heavy (non-hydrogen) atoms. The molecule has 1 N–H and O–H groups in total. The Hall–Kier alpha value is -2.12. The second-order valence-electron chi connectivity index (χ2n) is 8.23. The Labute approximate surface area is 188 Å². The maximum Gasteiger partial charge on any atom is 0.251 e. The van der Waals surface area contributed by atoms with Gasteiger partial charge in [-0.05, 0) is 37.2 Å². The van der Waals surface area contributed by atoms with Crippen molar-refractivity contribution in [2.24, 2.45) is 0 Å². The van der Waals surface area contributed by atoms with E-state index in [-0.39, 0.29) is 19.2 Å². The predicted molar refractivity (Wildman–Crippen MR) is 128 cm³/mol. The number of anilines is 1. The van der Waals surface area contributed by atoms with E-state index >= 15 is 0 Å². The molecule has 2 heterocycles. The summed E-state index contributed by atoms with van der Waals surface area (Å²) >= 11 is 0. The molecule has 0 unspecified atom stereocenters. The van der Waals surface area contributed by atoms with Crippen LogP contribution in [0.4, 0.5) is 5.69 Å². The zero-order valence-corrected chi connectivity index (χ0v) is 18.6. The van der Waals surface area contributed by atoms with Gasteiger partial charge in [-0.3, -0.25) is 14.5 Å². The molecule has 2 amide bonds. The van der Waals surface area contributed by atoms with E-state index in [1.807, 2.05) is 29.2 Å². The average molecular weight is 432 g/mol. The summed E-state index contributed by atoms with van der Waals surface area (Å²) in [5, 5.41) is 2.96. The molecule has 1 aromatic carbocycles. The molecule has 2 aliphatic heterocycles. The highest BCUT2D eigenvalue weighted by molar-refractivity contribution is 5.94. The van der Waals surface area contributed by atoms with Gasteiger partial charge in [0.2, 0.25) is 5.91 Å². The minimum atomic E-state index is -0.00176. The Morgan fingerprint density at radius 1 is 0.871 bits per heavy atom. The number of unbranched alkanes of at least 4 members (excludes halogenated alkanes) is 1. The summed E-state index contributed by atoms with van der Waals surface area (Å²) < 4.78 is 0. The molecule has 0 saturated carbocycles. The number of benzene rings is 1. The number of amides is 2. The van der Waals surface area contributed by atoms with Gasteiger partial charge in [0, 0.05) is 70.2 Å². The zero-order valence-electron chi connectivity index (χ0n) is 18.6. The summed E-state index contributed by atoms with van der Waals surface area (Å²) in [7, 11) is 0. The molecule has 7 nitrogen and oxygen atoms in total. The standard InChI is InChI=1S/C23H37N5O2.CH4/c1-3-5-10-24-23(30)20-6-8-21(9-7-20)27-15-13-26(14-16-27)19-22(29)28-17-11-25(4-2)12-18-28;/h6-9H,3-5,10-19H2,1-2H3,(H,24,30);1H4. The van der Waals surface area contributed by atoms with Crippen molar-refractivity contribution in [3.05, 3.63) is 29.8 Å². The van der Waals surface area contributed by atoms with Gasteiger partial charge in [-0.1, -0.05) is 27.7 Å². The van der Waals surface area contributed by atoms with Crippen molar-refractivity contribution in [3.63, 3.8) is 0 Å². The van der Waals surface area contributed by atoms with Crippen LogP contribution in [0.15, 0.2) is 24.3 Å². The highest BCUT2D eigenvalue weighted by Crippen LogP contribution is 2.17. The van der Waals surface area contributed by atoms with Crippen LogP contribution in [-0.4, -0.2) is 98.5 Å². The van der Waals surface area contributed by atoms with E-state index in [1.165, 1.54) is 0 Å². The lowest BCUT2D eigenvalue weighted by molar-refractivity contribution is -0.134. The number of nitrogens with zero attached hydrogens (tertiary/aromatic N) is 4. The summed E-state index contributed by atoms with van der Waals surface area (Å²) in [5.41, 5.74) is 1.85. The van der Waals surface area contributed by atoms with Gasteiger partial charge in [0.05, 0.1) is 6.54 Å². The third kappa shape index (κ3) is 7.21. The first-order valence-electron chi connectivity index (χ1n) is 11.5. The molecule has 1 aromatic rings. The van der Waals surface area contributed by atoms with Crippen molar-refractivity contribution < 1.29 is 9.59 Å². The van der Waals surface area contributed by atoms with Crippen LogP contribution in [-0.2, 0) is 4.79 Å². The maximum atomic E-state index is 12.6. The zero-order chi connectivity index (χ0) is 21.3. The number of nitrogens with one attached hydrogen (secondary N) is 1. The lowest BCUT2D eigenvalue weighted by atomic mass is 10.1. The Bertz CT molecular complexity index is 678. The minimum absolute atomic E-state index is 0. The van der Waals surface area contributed by atoms with Crippen LogP contribution in [0.1, 0.15) is 44.5 Å². The molecule has 2 saturated heterocycles. The molecule has 0 aromatic heterocycles. The maximum absolute atomic E-state index is 12.6. The van der Waals surface area contributed by atoms with E-state index in [4.69, 9.17) is 0 Å². The SMILES string of the molecule is C.CCCCNC(=O)c1ccc(N2CCN(CC(=O)N3CCN(CC)CC3)CC2)cc1. The molecular weight excluding hydrogens is 390 g/mol. The van der Waals surface area contributed by atoms with Gasteiger partial charge in [-0.15, -0.1) is 0 Å². The van der Waals surface area contributed by atoms with Crippen LogP contribution in [0.5, 0.6) is 0 Å². The minimum Gasteiger partial charge on any atom is -0.369 e. The molecule has 0 aliphatic carbocycles. The molecule has 0 bridgehead atoms. The lowest BCUT2D eigenvalue weighted by Crippen LogP contribution is -2.53. The molecule has 0 spiro atoms. The van der Waals surface area contributed by atoms with Crippen molar-refractivity contribution in [3.8, 4) is 0 Å². The van der Waals surface area contributed by atoms with Crippen LogP contribution >= 0.6 is 0 Å². The highest BCUT2D eigenvalue weighted by Gasteiger charge is 2.24. The fraction of sp³-hybridized carbons (Fsp3) is 0.667. The third-order valence-corrected chi connectivity index (χ3v) is 6.21. The van der Waals surface area contributed by atoms with E-state index in [1.54, 1.807) is 0 Å². The molecule has 3 rings (SSSR count). The monoisotopic (exact) mass is 431 g/mol. The van der Waals surface area contributed by atoms with Gasteiger partial charge in [0.1, 0.15) is 0 Å². The number of hydrogen-bond acceptors (Lipinski definition) is 5. The lowest BCUT2D eigenvalue weighted by Gasteiger charge is -2.38. The largest absolute Gasteiger partial charge is 0.369 e. The van der Waals surface area contributed by atoms with Gasteiger partial charge in [-0.2, -0.15) is 0 Å². The summed E-state index contributed by atoms with van der Waals surface area (Å²) in [5.74, 6) is 0.260.